The molecule has 0 heterocycles. The highest BCUT2D eigenvalue weighted by atomic mass is 35.5. The molecule has 1 radical (unpaired) electrons. The fraction of sp³-hybridized carbons (Fsp3) is 0.333. The molecular weight excluding hydrogens is 160 g/mol. The van der Waals surface area contributed by atoms with Gasteiger partial charge in [0.15, 0.2) is 0 Å². The molecule has 1 aromatic rings. The zero-order chi connectivity index (χ0) is 8.10. The first-order chi connectivity index (χ1) is 5.34. The minimum absolute atomic E-state index is 0.0226. The lowest BCUT2D eigenvalue weighted by molar-refractivity contribution is 0.189. The molecule has 11 heavy (non-hydrogen) atoms. The molecule has 1 aromatic carbocycles. The summed E-state index contributed by atoms with van der Waals surface area (Å²) in [5.41, 5.74) is 1.07. The van der Waals surface area contributed by atoms with Crippen molar-refractivity contribution in [2.45, 2.75) is 12.8 Å². The zero-order valence-corrected chi connectivity index (χ0v) is 6.97. The number of rotatable bonds is 3. The first kappa shape index (κ1) is 8.57. The molecule has 1 nitrogen and oxygen atoms in total. The monoisotopic (exact) mass is 169 g/mol. The van der Waals surface area contributed by atoms with Crippen LogP contribution in [0.4, 0.5) is 0 Å². The van der Waals surface area contributed by atoms with Crippen LogP contribution in [0.1, 0.15) is 12.0 Å². The van der Waals surface area contributed by atoms with Gasteiger partial charge in [-0.2, -0.15) is 0 Å². The van der Waals surface area contributed by atoms with Gasteiger partial charge < -0.3 is 0 Å². The summed E-state index contributed by atoms with van der Waals surface area (Å²) in [6.07, 6.45) is 1.47. The van der Waals surface area contributed by atoms with Crippen LogP contribution in [0.5, 0.6) is 0 Å². The molecule has 0 unspecified atom stereocenters. The lowest BCUT2D eigenvalue weighted by Gasteiger charge is -2.00. The Morgan fingerprint density at radius 1 is 1.27 bits per heavy atom. The maximum atomic E-state index is 10.2. The number of hydrogen-bond acceptors (Lipinski definition) is 0. The molecule has 0 spiro atoms. The zero-order valence-electron chi connectivity index (χ0n) is 6.22. The highest BCUT2D eigenvalue weighted by Gasteiger charge is 1.96. The van der Waals surface area contributed by atoms with E-state index in [0.717, 1.165) is 17.0 Å². The molecule has 0 saturated heterocycles. The van der Waals surface area contributed by atoms with Crippen LogP contribution >= 0.6 is 11.6 Å². The van der Waals surface area contributed by atoms with E-state index < -0.39 is 0 Å². The summed E-state index contributed by atoms with van der Waals surface area (Å²) in [6.45, 7) is -0.0226. The van der Waals surface area contributed by atoms with Crippen LogP contribution in [-0.2, 0) is 11.5 Å². The maximum absolute atomic E-state index is 10.2. The quantitative estimate of drug-likeness (QED) is 0.663. The molecule has 0 amide bonds. The largest absolute Gasteiger partial charge is 0.237 e. The fourth-order valence-corrected chi connectivity index (χ4v) is 1.19. The van der Waals surface area contributed by atoms with E-state index >= 15 is 0 Å². The normalized spacial score (nSPS) is 10.0. The van der Waals surface area contributed by atoms with Crippen molar-refractivity contribution in [2.24, 2.45) is 0 Å². The molecule has 0 aliphatic rings. The molecule has 0 atom stereocenters. The number of halogens is 1. The van der Waals surface area contributed by atoms with Crippen molar-refractivity contribution >= 4 is 11.6 Å². The minimum atomic E-state index is -0.0226. The van der Waals surface area contributed by atoms with E-state index in [1.165, 1.54) is 0 Å². The van der Waals surface area contributed by atoms with Crippen molar-refractivity contribution in [1.29, 1.82) is 0 Å². The van der Waals surface area contributed by atoms with E-state index in [2.05, 4.69) is 0 Å². The van der Waals surface area contributed by atoms with Crippen molar-refractivity contribution in [3.63, 3.8) is 0 Å². The van der Waals surface area contributed by atoms with Gasteiger partial charge in [-0.25, -0.2) is 5.11 Å². The molecule has 59 valence electrons. The Labute approximate surface area is 71.6 Å². The topological polar surface area (TPSA) is 19.9 Å². The molecule has 1 rings (SSSR count). The lowest BCUT2D eigenvalue weighted by atomic mass is 10.1. The van der Waals surface area contributed by atoms with Gasteiger partial charge in [0, 0.05) is 5.02 Å². The second kappa shape index (κ2) is 4.37. The molecule has 0 fully saturated rings. The van der Waals surface area contributed by atoms with Gasteiger partial charge in [0.2, 0.25) is 0 Å². The fourth-order valence-electron chi connectivity index (χ4n) is 0.964. The Morgan fingerprint density at radius 3 is 2.64 bits per heavy atom. The molecule has 0 saturated carbocycles. The van der Waals surface area contributed by atoms with Crippen molar-refractivity contribution in [1.82, 2.24) is 0 Å². The second-order valence-corrected chi connectivity index (χ2v) is 2.81. The molecule has 0 aliphatic heterocycles. The van der Waals surface area contributed by atoms with Gasteiger partial charge >= 0.3 is 0 Å². The molecule has 0 N–H and O–H groups in total. The SMILES string of the molecule is [O]CCCc1ccccc1Cl. The lowest BCUT2D eigenvalue weighted by Crippen LogP contribution is -1.88. The number of aryl methyl sites for hydroxylation is 1. The Balaban J connectivity index is 2.62. The molecule has 0 aliphatic carbocycles. The second-order valence-electron chi connectivity index (χ2n) is 2.40. The van der Waals surface area contributed by atoms with E-state index in [1.807, 2.05) is 24.3 Å². The Morgan fingerprint density at radius 2 is 2.00 bits per heavy atom. The molecule has 0 bridgehead atoms. The number of benzene rings is 1. The van der Waals surface area contributed by atoms with Crippen LogP contribution < -0.4 is 0 Å². The van der Waals surface area contributed by atoms with Gasteiger partial charge in [0.25, 0.3) is 0 Å². The highest BCUT2D eigenvalue weighted by molar-refractivity contribution is 6.31. The summed E-state index contributed by atoms with van der Waals surface area (Å²) in [4.78, 5) is 0. The summed E-state index contributed by atoms with van der Waals surface area (Å²) in [6, 6.07) is 7.63. The summed E-state index contributed by atoms with van der Waals surface area (Å²) in [7, 11) is 0. The highest BCUT2D eigenvalue weighted by Crippen LogP contribution is 2.15. The Bertz CT molecular complexity index is 223. The average Bonchev–Trinajstić information content (AvgIpc) is 2.03. The Kier molecular flexibility index (Phi) is 3.40. The van der Waals surface area contributed by atoms with E-state index in [4.69, 9.17) is 11.6 Å². The van der Waals surface area contributed by atoms with Crippen molar-refractivity contribution in [2.75, 3.05) is 6.61 Å². The van der Waals surface area contributed by atoms with Gasteiger partial charge in [-0.05, 0) is 24.5 Å². The predicted molar refractivity (Wildman–Crippen MR) is 45.3 cm³/mol. The average molecular weight is 170 g/mol. The number of hydrogen-bond donors (Lipinski definition) is 0. The summed E-state index contributed by atoms with van der Waals surface area (Å²) >= 11 is 5.86. The van der Waals surface area contributed by atoms with Gasteiger partial charge in [-0.15, -0.1) is 0 Å². The van der Waals surface area contributed by atoms with Crippen LogP contribution in [0.25, 0.3) is 0 Å². The molecule has 2 heteroatoms. The van der Waals surface area contributed by atoms with Crippen LogP contribution in [0.3, 0.4) is 0 Å². The smallest absolute Gasteiger partial charge is 0.0825 e. The van der Waals surface area contributed by atoms with E-state index in [9.17, 15) is 5.11 Å². The predicted octanol–water partition coefficient (Wildman–Crippen LogP) is 2.70. The van der Waals surface area contributed by atoms with E-state index in [-0.39, 0.29) is 6.61 Å². The van der Waals surface area contributed by atoms with E-state index in [0.29, 0.717) is 6.42 Å². The third kappa shape index (κ3) is 2.52. The van der Waals surface area contributed by atoms with Gasteiger partial charge in [0.1, 0.15) is 0 Å². The van der Waals surface area contributed by atoms with Crippen LogP contribution in [-0.4, -0.2) is 6.61 Å². The summed E-state index contributed by atoms with van der Waals surface area (Å²) in [5, 5.41) is 10.9. The molecule has 0 aromatic heterocycles. The first-order valence-corrected chi connectivity index (χ1v) is 4.04. The van der Waals surface area contributed by atoms with Crippen molar-refractivity contribution in [3.05, 3.63) is 34.9 Å². The van der Waals surface area contributed by atoms with Crippen molar-refractivity contribution in [3.8, 4) is 0 Å². The summed E-state index contributed by atoms with van der Waals surface area (Å²) in [5.74, 6) is 0. The molecular formula is C9H10ClO. The third-order valence-electron chi connectivity index (χ3n) is 1.55. The van der Waals surface area contributed by atoms with Crippen LogP contribution in [0, 0.1) is 0 Å². The van der Waals surface area contributed by atoms with Gasteiger partial charge in [-0.1, -0.05) is 29.8 Å². The van der Waals surface area contributed by atoms with Gasteiger partial charge in [0.05, 0.1) is 6.61 Å². The summed E-state index contributed by atoms with van der Waals surface area (Å²) < 4.78 is 0. The maximum Gasteiger partial charge on any atom is 0.0825 e. The van der Waals surface area contributed by atoms with Crippen LogP contribution in [0.2, 0.25) is 5.02 Å². The minimum Gasteiger partial charge on any atom is -0.237 e. The third-order valence-corrected chi connectivity index (χ3v) is 1.92. The van der Waals surface area contributed by atoms with Gasteiger partial charge in [-0.3, -0.25) is 0 Å². The van der Waals surface area contributed by atoms with Crippen LogP contribution in [0.15, 0.2) is 24.3 Å². The van der Waals surface area contributed by atoms with Crippen molar-refractivity contribution < 1.29 is 5.11 Å². The first-order valence-electron chi connectivity index (χ1n) is 3.66. The standard InChI is InChI=1S/C9H10ClO/c10-9-6-2-1-4-8(9)5-3-7-11/h1-2,4,6H,3,5,7H2. The van der Waals surface area contributed by atoms with E-state index in [1.54, 1.807) is 0 Å². The Hall–Kier alpha value is -0.530.